The van der Waals surface area contributed by atoms with Gasteiger partial charge in [0.1, 0.15) is 5.84 Å². The lowest BCUT2D eigenvalue weighted by molar-refractivity contribution is 0.0927. The number of rotatable bonds is 4. The Morgan fingerprint density at radius 3 is 2.76 bits per heavy atom. The van der Waals surface area contributed by atoms with Crippen molar-refractivity contribution in [2.75, 3.05) is 5.88 Å². The normalized spacial score (nSPS) is 16.8. The molecule has 0 unspecified atom stereocenters. The summed E-state index contributed by atoms with van der Waals surface area (Å²) in [6, 6.07) is 5.78. The van der Waals surface area contributed by atoms with Crippen LogP contribution in [0.1, 0.15) is 48.0 Å². The van der Waals surface area contributed by atoms with Crippen LogP contribution in [0, 0.1) is 6.92 Å². The molecule has 0 radical (unpaired) electrons. The summed E-state index contributed by atoms with van der Waals surface area (Å²) in [5, 5.41) is 3.13. The fourth-order valence-electron chi connectivity index (χ4n) is 2.69. The minimum Gasteiger partial charge on any atom is -0.386 e. The second-order valence-electron chi connectivity index (χ2n) is 5.49. The first kappa shape index (κ1) is 15.8. The molecule has 4 nitrogen and oxygen atoms in total. The van der Waals surface area contributed by atoms with Crippen molar-refractivity contribution in [2.45, 2.75) is 45.1 Å². The smallest absolute Gasteiger partial charge is 0.251 e. The zero-order valence-corrected chi connectivity index (χ0v) is 13.1. The zero-order chi connectivity index (χ0) is 15.2. The Bertz CT molecular complexity index is 536. The summed E-state index contributed by atoms with van der Waals surface area (Å²) in [6.07, 6.45) is 5.80. The van der Waals surface area contributed by atoms with Gasteiger partial charge in [-0.3, -0.25) is 4.79 Å². The molecule has 3 N–H and O–H groups in total. The molecule has 0 heterocycles. The molecule has 0 bridgehead atoms. The van der Waals surface area contributed by atoms with E-state index in [4.69, 9.17) is 17.3 Å². The van der Waals surface area contributed by atoms with E-state index in [1.165, 1.54) is 19.3 Å². The summed E-state index contributed by atoms with van der Waals surface area (Å²) in [5.74, 6) is 0.503. The van der Waals surface area contributed by atoms with Gasteiger partial charge in [0.15, 0.2) is 0 Å². The third-order valence-electron chi connectivity index (χ3n) is 3.89. The molecule has 1 aliphatic carbocycles. The van der Waals surface area contributed by atoms with Gasteiger partial charge >= 0.3 is 0 Å². The Morgan fingerprint density at radius 2 is 2.10 bits per heavy atom. The number of nitrogens with zero attached hydrogens (tertiary/aromatic N) is 1. The maximum Gasteiger partial charge on any atom is 0.251 e. The lowest BCUT2D eigenvalue weighted by Gasteiger charge is -2.23. The van der Waals surface area contributed by atoms with Crippen LogP contribution < -0.4 is 11.1 Å². The van der Waals surface area contributed by atoms with E-state index in [-0.39, 0.29) is 11.8 Å². The Labute approximate surface area is 130 Å². The molecule has 5 heteroatoms. The first-order chi connectivity index (χ1) is 10.1. The van der Waals surface area contributed by atoms with E-state index < -0.39 is 0 Å². The molecule has 0 aromatic heterocycles. The van der Waals surface area contributed by atoms with Crippen LogP contribution in [0.4, 0.5) is 5.69 Å². The highest BCUT2D eigenvalue weighted by molar-refractivity contribution is 6.28. The number of hydrogen-bond acceptors (Lipinski definition) is 2. The van der Waals surface area contributed by atoms with E-state index in [1.807, 2.05) is 25.1 Å². The van der Waals surface area contributed by atoms with Gasteiger partial charge in [0.2, 0.25) is 0 Å². The van der Waals surface area contributed by atoms with Gasteiger partial charge in [-0.05, 0) is 37.5 Å². The third kappa shape index (κ3) is 4.21. The molecule has 1 aliphatic rings. The number of nitrogens with one attached hydrogen (secondary N) is 1. The molecule has 1 aromatic carbocycles. The van der Waals surface area contributed by atoms with Gasteiger partial charge < -0.3 is 11.1 Å². The number of alkyl halides is 1. The van der Waals surface area contributed by atoms with Crippen molar-refractivity contribution in [2.24, 2.45) is 10.7 Å². The van der Waals surface area contributed by atoms with Gasteiger partial charge in [0.25, 0.3) is 5.91 Å². The first-order valence-electron chi connectivity index (χ1n) is 7.41. The molecule has 1 aromatic rings. The lowest BCUT2D eigenvalue weighted by atomic mass is 9.95. The summed E-state index contributed by atoms with van der Waals surface area (Å²) >= 11 is 5.65. The second-order valence-corrected chi connectivity index (χ2v) is 5.76. The van der Waals surface area contributed by atoms with Crippen molar-refractivity contribution in [3.05, 3.63) is 29.3 Å². The summed E-state index contributed by atoms with van der Waals surface area (Å²) in [4.78, 5) is 16.7. The Kier molecular flexibility index (Phi) is 5.62. The van der Waals surface area contributed by atoms with Crippen LogP contribution in [-0.2, 0) is 0 Å². The van der Waals surface area contributed by atoms with Crippen molar-refractivity contribution in [3.8, 4) is 0 Å². The number of aliphatic imine (C=N–C) groups is 1. The van der Waals surface area contributed by atoms with Crippen LogP contribution in [-0.4, -0.2) is 23.7 Å². The predicted molar refractivity (Wildman–Crippen MR) is 87.5 cm³/mol. The minimum atomic E-state index is -0.0269. The lowest BCUT2D eigenvalue weighted by Crippen LogP contribution is -2.36. The Morgan fingerprint density at radius 1 is 1.38 bits per heavy atom. The quantitative estimate of drug-likeness (QED) is 0.509. The van der Waals surface area contributed by atoms with Crippen molar-refractivity contribution < 1.29 is 4.79 Å². The molecule has 114 valence electrons. The summed E-state index contributed by atoms with van der Waals surface area (Å²) in [5.41, 5.74) is 7.85. The molecule has 0 aliphatic heterocycles. The number of amides is 1. The van der Waals surface area contributed by atoms with Crippen LogP contribution in [0.25, 0.3) is 0 Å². The summed E-state index contributed by atoms with van der Waals surface area (Å²) in [7, 11) is 0. The van der Waals surface area contributed by atoms with Gasteiger partial charge in [0.05, 0.1) is 11.6 Å². The van der Waals surface area contributed by atoms with Crippen molar-refractivity contribution in [1.29, 1.82) is 0 Å². The van der Waals surface area contributed by atoms with Crippen molar-refractivity contribution >= 4 is 29.0 Å². The van der Waals surface area contributed by atoms with E-state index in [1.54, 1.807) is 0 Å². The maximum atomic E-state index is 12.4. The molecule has 0 spiro atoms. The van der Waals surface area contributed by atoms with Gasteiger partial charge in [-0.15, -0.1) is 11.6 Å². The highest BCUT2D eigenvalue weighted by Gasteiger charge is 2.18. The van der Waals surface area contributed by atoms with Gasteiger partial charge in [0, 0.05) is 11.6 Å². The topological polar surface area (TPSA) is 67.5 Å². The molecule has 21 heavy (non-hydrogen) atoms. The molecule has 0 saturated heterocycles. The van der Waals surface area contributed by atoms with Crippen molar-refractivity contribution in [3.63, 3.8) is 0 Å². The third-order valence-corrected chi connectivity index (χ3v) is 4.17. The van der Waals surface area contributed by atoms with E-state index >= 15 is 0 Å². The summed E-state index contributed by atoms with van der Waals surface area (Å²) in [6.45, 7) is 1.89. The fourth-order valence-corrected chi connectivity index (χ4v) is 2.74. The van der Waals surface area contributed by atoms with Gasteiger partial charge in [-0.2, -0.15) is 0 Å². The zero-order valence-electron chi connectivity index (χ0n) is 12.4. The van der Waals surface area contributed by atoms with E-state index in [0.717, 1.165) is 18.4 Å². The fraction of sp³-hybridized carbons (Fsp3) is 0.500. The van der Waals surface area contributed by atoms with Crippen LogP contribution in [0.3, 0.4) is 0 Å². The maximum absolute atomic E-state index is 12.4. The molecule has 1 saturated carbocycles. The number of amidine groups is 1. The first-order valence-corrected chi connectivity index (χ1v) is 7.94. The van der Waals surface area contributed by atoms with E-state index in [2.05, 4.69) is 10.3 Å². The Hall–Kier alpha value is -1.55. The number of nitrogens with two attached hydrogens (primary N) is 1. The van der Waals surface area contributed by atoms with Crippen LogP contribution >= 0.6 is 11.6 Å². The molecule has 1 fully saturated rings. The monoisotopic (exact) mass is 307 g/mol. The van der Waals surface area contributed by atoms with Crippen LogP contribution in [0.15, 0.2) is 23.2 Å². The van der Waals surface area contributed by atoms with Gasteiger partial charge in [-0.25, -0.2) is 4.99 Å². The number of hydrogen-bond donors (Lipinski definition) is 2. The molecule has 0 atom stereocenters. The summed E-state index contributed by atoms with van der Waals surface area (Å²) < 4.78 is 0. The highest BCUT2D eigenvalue weighted by Crippen LogP contribution is 2.23. The molecular weight excluding hydrogens is 286 g/mol. The number of halogens is 1. The van der Waals surface area contributed by atoms with E-state index in [0.29, 0.717) is 23.1 Å². The SMILES string of the molecule is Cc1c(N=C(N)CCl)cccc1C(=O)NC1CCCCC1. The minimum absolute atomic E-state index is 0.0269. The van der Waals surface area contributed by atoms with Crippen molar-refractivity contribution in [1.82, 2.24) is 5.32 Å². The van der Waals surface area contributed by atoms with E-state index in [9.17, 15) is 4.79 Å². The number of carbonyl (C=O) groups excluding carboxylic acids is 1. The largest absolute Gasteiger partial charge is 0.386 e. The van der Waals surface area contributed by atoms with Gasteiger partial charge in [-0.1, -0.05) is 25.3 Å². The standard InChI is InChI=1S/C16H22ClN3O/c1-11-13(8-5-9-14(11)20-15(18)10-17)16(21)19-12-6-3-2-4-7-12/h5,8-9,12H,2-4,6-7,10H2,1H3,(H2,18,20)(H,19,21). The second kappa shape index (κ2) is 7.46. The Balaban J connectivity index is 2.15. The number of carbonyl (C=O) groups is 1. The predicted octanol–water partition coefficient (Wildman–Crippen LogP) is 3.29. The number of benzene rings is 1. The van der Waals surface area contributed by atoms with Crippen LogP contribution in [0.5, 0.6) is 0 Å². The average Bonchev–Trinajstić information content (AvgIpc) is 2.50. The molecular formula is C16H22ClN3O. The molecule has 2 rings (SSSR count). The average molecular weight is 308 g/mol. The highest BCUT2D eigenvalue weighted by atomic mass is 35.5. The van der Waals surface area contributed by atoms with Crippen LogP contribution in [0.2, 0.25) is 0 Å². The molecule has 1 amide bonds.